The zero-order valence-corrected chi connectivity index (χ0v) is 11.2. The first kappa shape index (κ1) is 14.2. The average Bonchev–Trinajstić information content (AvgIpc) is 2.81. The van der Waals surface area contributed by atoms with Crippen LogP contribution in [0.2, 0.25) is 0 Å². The number of benzene rings is 1. The Morgan fingerprint density at radius 1 is 1.26 bits per heavy atom. The molecule has 0 atom stereocenters. The second-order valence-corrected chi connectivity index (χ2v) is 4.97. The number of alkyl halides is 3. The van der Waals surface area contributed by atoms with E-state index in [9.17, 15) is 22.7 Å². The first-order valence-electron chi connectivity index (χ1n) is 5.51. The number of hydrogen-bond acceptors (Lipinski definition) is 3. The number of nitrogens with zero attached hydrogens (tertiary/aromatic N) is 1. The van der Waals surface area contributed by atoms with Crippen molar-refractivity contribution in [2.75, 3.05) is 18.0 Å². The third kappa shape index (κ3) is 3.05. The van der Waals surface area contributed by atoms with Gasteiger partial charge in [0, 0.05) is 13.1 Å². The number of aromatic hydroxyl groups is 1. The Balaban J connectivity index is 2.46. The van der Waals surface area contributed by atoms with Crippen molar-refractivity contribution in [2.24, 2.45) is 0 Å². The number of phenolic OH excluding ortho intramolecular Hbond substituents is 1. The van der Waals surface area contributed by atoms with Gasteiger partial charge in [0.1, 0.15) is 0 Å². The number of halogens is 5. The number of phenols is 1. The molecule has 1 fully saturated rings. The van der Waals surface area contributed by atoms with Crippen LogP contribution in [-0.4, -0.2) is 24.6 Å². The highest BCUT2D eigenvalue weighted by molar-refractivity contribution is 9.10. The Hall–Kier alpha value is -1.18. The number of rotatable bonds is 2. The number of anilines is 1. The predicted octanol–water partition coefficient (Wildman–Crippen LogP) is 3.79. The van der Waals surface area contributed by atoms with E-state index in [1.165, 1.54) is 6.07 Å². The molecule has 0 amide bonds. The zero-order valence-electron chi connectivity index (χ0n) is 9.60. The second-order valence-electron chi connectivity index (χ2n) is 4.11. The van der Waals surface area contributed by atoms with Gasteiger partial charge in [0.15, 0.2) is 11.6 Å². The van der Waals surface area contributed by atoms with Crippen molar-refractivity contribution in [3.63, 3.8) is 0 Å². The van der Waals surface area contributed by atoms with Gasteiger partial charge in [-0.1, -0.05) is 0 Å². The van der Waals surface area contributed by atoms with Crippen LogP contribution in [0.4, 0.5) is 23.2 Å². The molecule has 0 radical (unpaired) electrons. The number of ether oxygens (including phenoxy) is 1. The Labute approximate surface area is 114 Å². The SMILES string of the molecule is Oc1c(N2CCCC2)cc(Br)c(F)c1OC(F)(F)F. The van der Waals surface area contributed by atoms with Gasteiger partial charge in [-0.3, -0.25) is 0 Å². The molecule has 0 aliphatic carbocycles. The highest BCUT2D eigenvalue weighted by Gasteiger charge is 2.36. The minimum Gasteiger partial charge on any atom is -0.503 e. The molecule has 19 heavy (non-hydrogen) atoms. The first-order valence-corrected chi connectivity index (χ1v) is 6.30. The van der Waals surface area contributed by atoms with Crippen molar-refractivity contribution in [2.45, 2.75) is 19.2 Å². The van der Waals surface area contributed by atoms with E-state index < -0.39 is 23.7 Å². The maximum Gasteiger partial charge on any atom is 0.573 e. The highest BCUT2D eigenvalue weighted by atomic mass is 79.9. The summed E-state index contributed by atoms with van der Waals surface area (Å²) in [5.41, 5.74) is 0.130. The van der Waals surface area contributed by atoms with Crippen LogP contribution in [0, 0.1) is 5.82 Å². The summed E-state index contributed by atoms with van der Waals surface area (Å²) < 4.78 is 53.6. The Morgan fingerprint density at radius 2 is 1.84 bits per heavy atom. The van der Waals surface area contributed by atoms with Crippen LogP contribution in [0.15, 0.2) is 10.5 Å². The van der Waals surface area contributed by atoms with Crippen LogP contribution in [-0.2, 0) is 0 Å². The maximum atomic E-state index is 13.6. The average molecular weight is 344 g/mol. The summed E-state index contributed by atoms with van der Waals surface area (Å²) in [5.74, 6) is -3.32. The Morgan fingerprint density at radius 3 is 2.37 bits per heavy atom. The predicted molar refractivity (Wildman–Crippen MR) is 63.9 cm³/mol. The van der Waals surface area contributed by atoms with Crippen LogP contribution in [0.5, 0.6) is 11.5 Å². The molecule has 1 aliphatic rings. The van der Waals surface area contributed by atoms with Gasteiger partial charge in [-0.15, -0.1) is 13.2 Å². The van der Waals surface area contributed by atoms with Crippen molar-refractivity contribution in [1.29, 1.82) is 0 Å². The third-order valence-corrected chi connectivity index (χ3v) is 3.37. The fraction of sp³-hybridized carbons (Fsp3) is 0.455. The van der Waals surface area contributed by atoms with Gasteiger partial charge in [-0.2, -0.15) is 0 Å². The van der Waals surface area contributed by atoms with E-state index >= 15 is 0 Å². The second kappa shape index (κ2) is 5.07. The summed E-state index contributed by atoms with van der Waals surface area (Å²) in [6.07, 6.45) is -3.34. The molecule has 1 N–H and O–H groups in total. The van der Waals surface area contributed by atoms with Crippen LogP contribution >= 0.6 is 15.9 Å². The molecular formula is C11H10BrF4NO2. The molecule has 0 unspecified atom stereocenters. The van der Waals surface area contributed by atoms with Gasteiger partial charge in [0.25, 0.3) is 0 Å². The van der Waals surface area contributed by atoms with E-state index in [0.29, 0.717) is 13.1 Å². The third-order valence-electron chi connectivity index (χ3n) is 2.79. The molecule has 8 heteroatoms. The van der Waals surface area contributed by atoms with E-state index in [1.54, 1.807) is 4.90 Å². The van der Waals surface area contributed by atoms with Gasteiger partial charge in [0.2, 0.25) is 5.75 Å². The standard InChI is InChI=1S/C11H10BrF4NO2/c12-6-5-7(17-3-1-2-4-17)9(18)10(8(6)13)19-11(14,15)16/h5,18H,1-4H2. The molecule has 0 aromatic heterocycles. The van der Waals surface area contributed by atoms with Gasteiger partial charge in [-0.25, -0.2) is 4.39 Å². The molecule has 2 rings (SSSR count). The Bertz CT molecular complexity index is 487. The summed E-state index contributed by atoms with van der Waals surface area (Å²) in [4.78, 5) is 1.68. The molecule has 106 valence electrons. The Kier molecular flexibility index (Phi) is 3.80. The molecule has 1 aromatic carbocycles. The normalized spacial score (nSPS) is 15.9. The molecule has 0 bridgehead atoms. The molecule has 0 saturated carbocycles. The summed E-state index contributed by atoms with van der Waals surface area (Å²) >= 11 is 2.83. The smallest absolute Gasteiger partial charge is 0.503 e. The lowest BCUT2D eigenvalue weighted by molar-refractivity contribution is -0.276. The molecular weight excluding hydrogens is 334 g/mol. The lowest BCUT2D eigenvalue weighted by atomic mass is 10.2. The molecule has 1 saturated heterocycles. The summed E-state index contributed by atoms with van der Waals surface area (Å²) in [7, 11) is 0. The summed E-state index contributed by atoms with van der Waals surface area (Å²) in [5, 5.41) is 9.79. The lowest BCUT2D eigenvalue weighted by Crippen LogP contribution is -2.21. The zero-order chi connectivity index (χ0) is 14.2. The van der Waals surface area contributed by atoms with Crippen molar-refractivity contribution in [3.8, 4) is 11.5 Å². The number of hydrogen-bond donors (Lipinski definition) is 1. The van der Waals surface area contributed by atoms with E-state index in [2.05, 4.69) is 20.7 Å². The fourth-order valence-electron chi connectivity index (χ4n) is 1.99. The lowest BCUT2D eigenvalue weighted by Gasteiger charge is -2.21. The van der Waals surface area contributed by atoms with Gasteiger partial charge in [0.05, 0.1) is 10.2 Å². The van der Waals surface area contributed by atoms with Crippen LogP contribution in [0.1, 0.15) is 12.8 Å². The van der Waals surface area contributed by atoms with Crippen LogP contribution < -0.4 is 9.64 Å². The van der Waals surface area contributed by atoms with Crippen molar-refractivity contribution in [3.05, 3.63) is 16.4 Å². The fourth-order valence-corrected chi connectivity index (χ4v) is 2.39. The molecule has 1 aromatic rings. The molecule has 1 aliphatic heterocycles. The quantitative estimate of drug-likeness (QED) is 0.829. The molecule has 1 heterocycles. The van der Waals surface area contributed by atoms with Crippen molar-refractivity contribution >= 4 is 21.6 Å². The monoisotopic (exact) mass is 343 g/mol. The van der Waals surface area contributed by atoms with Gasteiger partial charge in [-0.05, 0) is 34.8 Å². The minimum atomic E-state index is -5.07. The van der Waals surface area contributed by atoms with E-state index in [1.807, 2.05) is 0 Å². The highest BCUT2D eigenvalue weighted by Crippen LogP contribution is 2.45. The van der Waals surface area contributed by atoms with Crippen molar-refractivity contribution < 1.29 is 27.4 Å². The topological polar surface area (TPSA) is 32.7 Å². The van der Waals surface area contributed by atoms with Gasteiger partial charge < -0.3 is 14.7 Å². The van der Waals surface area contributed by atoms with Gasteiger partial charge >= 0.3 is 6.36 Å². The summed E-state index contributed by atoms with van der Waals surface area (Å²) in [6.45, 7) is 1.19. The largest absolute Gasteiger partial charge is 0.573 e. The van der Waals surface area contributed by atoms with E-state index in [4.69, 9.17) is 0 Å². The van der Waals surface area contributed by atoms with E-state index in [-0.39, 0.29) is 10.2 Å². The molecule has 3 nitrogen and oxygen atoms in total. The first-order chi connectivity index (χ1) is 8.79. The molecule has 0 spiro atoms. The van der Waals surface area contributed by atoms with E-state index in [0.717, 1.165) is 12.8 Å². The minimum absolute atomic E-state index is 0.130. The van der Waals surface area contributed by atoms with Crippen LogP contribution in [0.3, 0.4) is 0 Å². The summed E-state index contributed by atoms with van der Waals surface area (Å²) in [6, 6.07) is 1.25. The van der Waals surface area contributed by atoms with Crippen molar-refractivity contribution in [1.82, 2.24) is 0 Å². The maximum absolute atomic E-state index is 13.6. The van der Waals surface area contributed by atoms with Crippen LogP contribution in [0.25, 0.3) is 0 Å².